The third-order valence-corrected chi connectivity index (χ3v) is 3.75. The maximum atomic E-state index is 5.82. The molecule has 1 aromatic heterocycles. The summed E-state index contributed by atoms with van der Waals surface area (Å²) in [5.41, 5.74) is 2.34. The number of aryl methyl sites for hydroxylation is 2. The third kappa shape index (κ3) is 1.76. The molecule has 0 spiro atoms. The van der Waals surface area contributed by atoms with Gasteiger partial charge in [-0.05, 0) is 32.3 Å². The van der Waals surface area contributed by atoms with Crippen LogP contribution < -0.4 is 5.32 Å². The van der Waals surface area contributed by atoms with E-state index in [1.807, 2.05) is 18.7 Å². The fraction of sp³-hybridized carbons (Fsp3) is 0.750. The maximum absolute atomic E-state index is 5.82. The quantitative estimate of drug-likeness (QED) is 0.832. The molecule has 0 saturated carbocycles. The monoisotopic (exact) mass is 221 g/mol. The van der Waals surface area contributed by atoms with Crippen LogP contribution in [-0.4, -0.2) is 28.0 Å². The molecule has 2 fully saturated rings. The van der Waals surface area contributed by atoms with Crippen LogP contribution in [0.4, 0.5) is 0 Å². The number of fused-ring (bicyclic) bond motifs is 2. The molecule has 0 amide bonds. The average Bonchev–Trinajstić information content (AvgIpc) is 2.91. The number of hydrogen-bond donors (Lipinski definition) is 1. The molecular weight excluding hydrogens is 202 g/mol. The molecule has 4 nitrogen and oxygen atoms in total. The molecule has 3 rings (SSSR count). The zero-order chi connectivity index (χ0) is 11.1. The van der Waals surface area contributed by atoms with Crippen LogP contribution >= 0.6 is 0 Å². The van der Waals surface area contributed by atoms with Crippen molar-refractivity contribution in [3.63, 3.8) is 0 Å². The van der Waals surface area contributed by atoms with Gasteiger partial charge < -0.3 is 10.1 Å². The van der Waals surface area contributed by atoms with Gasteiger partial charge in [-0.25, -0.2) is 0 Å². The Balaban J connectivity index is 1.59. The van der Waals surface area contributed by atoms with Crippen molar-refractivity contribution in [3.05, 3.63) is 17.5 Å². The van der Waals surface area contributed by atoms with Gasteiger partial charge in [0, 0.05) is 19.6 Å². The zero-order valence-corrected chi connectivity index (χ0v) is 9.94. The molecule has 4 heteroatoms. The van der Waals surface area contributed by atoms with Gasteiger partial charge in [0.25, 0.3) is 0 Å². The summed E-state index contributed by atoms with van der Waals surface area (Å²) in [5, 5.41) is 7.95. The van der Waals surface area contributed by atoms with Crippen LogP contribution in [0.25, 0.3) is 0 Å². The Morgan fingerprint density at radius 2 is 2.44 bits per heavy atom. The molecule has 1 aromatic rings. The topological polar surface area (TPSA) is 39.1 Å². The van der Waals surface area contributed by atoms with Crippen LogP contribution in [0.1, 0.15) is 30.7 Å². The van der Waals surface area contributed by atoms with E-state index >= 15 is 0 Å². The Kier molecular flexibility index (Phi) is 2.48. The molecule has 2 aliphatic heterocycles. The molecule has 0 aliphatic carbocycles. The van der Waals surface area contributed by atoms with E-state index in [2.05, 4.69) is 16.5 Å². The van der Waals surface area contributed by atoms with Crippen molar-refractivity contribution in [2.45, 2.75) is 51.0 Å². The summed E-state index contributed by atoms with van der Waals surface area (Å²) < 4.78 is 7.78. The van der Waals surface area contributed by atoms with E-state index in [1.54, 1.807) is 0 Å². The summed E-state index contributed by atoms with van der Waals surface area (Å²) in [6.07, 6.45) is 4.65. The summed E-state index contributed by atoms with van der Waals surface area (Å²) in [7, 11) is 2.00. The summed E-state index contributed by atoms with van der Waals surface area (Å²) in [4.78, 5) is 0. The van der Waals surface area contributed by atoms with Crippen LogP contribution in [0, 0.1) is 6.92 Å². The first-order valence-corrected chi connectivity index (χ1v) is 6.11. The van der Waals surface area contributed by atoms with E-state index in [-0.39, 0.29) is 0 Å². The highest BCUT2D eigenvalue weighted by Gasteiger charge is 2.40. The number of rotatable bonds is 3. The fourth-order valence-corrected chi connectivity index (χ4v) is 2.92. The van der Waals surface area contributed by atoms with Crippen LogP contribution in [0.2, 0.25) is 0 Å². The van der Waals surface area contributed by atoms with E-state index in [0.29, 0.717) is 18.2 Å². The minimum absolute atomic E-state index is 0.458. The Labute approximate surface area is 96.0 Å². The Morgan fingerprint density at radius 3 is 3.00 bits per heavy atom. The molecule has 2 aliphatic rings. The third-order valence-electron chi connectivity index (χ3n) is 3.75. The lowest BCUT2D eigenvalue weighted by Gasteiger charge is -2.19. The first-order valence-electron chi connectivity index (χ1n) is 6.11. The van der Waals surface area contributed by atoms with Gasteiger partial charge in [-0.3, -0.25) is 4.68 Å². The van der Waals surface area contributed by atoms with Crippen molar-refractivity contribution in [1.82, 2.24) is 15.1 Å². The number of ether oxygens (including phenoxy) is 1. The minimum atomic E-state index is 0.458. The Morgan fingerprint density at radius 1 is 1.56 bits per heavy atom. The van der Waals surface area contributed by atoms with Gasteiger partial charge in [0.2, 0.25) is 0 Å². The zero-order valence-electron chi connectivity index (χ0n) is 9.94. The van der Waals surface area contributed by atoms with Gasteiger partial charge in [-0.15, -0.1) is 0 Å². The predicted molar refractivity (Wildman–Crippen MR) is 61.1 cm³/mol. The lowest BCUT2D eigenvalue weighted by molar-refractivity contribution is 0.0972. The Hall–Kier alpha value is -0.870. The molecule has 3 heterocycles. The SMILES string of the molecule is Cc1cc(CNC2CC3CCC2O3)n(C)n1. The second-order valence-corrected chi connectivity index (χ2v) is 5.00. The predicted octanol–water partition coefficient (Wildman–Crippen LogP) is 1.14. The molecule has 0 radical (unpaired) electrons. The lowest BCUT2D eigenvalue weighted by Crippen LogP contribution is -2.37. The number of nitrogens with zero attached hydrogens (tertiary/aromatic N) is 2. The minimum Gasteiger partial charge on any atom is -0.373 e. The highest BCUT2D eigenvalue weighted by Crippen LogP contribution is 2.34. The molecule has 1 N–H and O–H groups in total. The van der Waals surface area contributed by atoms with E-state index in [9.17, 15) is 0 Å². The smallest absolute Gasteiger partial charge is 0.0733 e. The maximum Gasteiger partial charge on any atom is 0.0733 e. The first-order chi connectivity index (χ1) is 7.72. The molecule has 2 bridgehead atoms. The molecule has 2 saturated heterocycles. The normalized spacial score (nSPS) is 32.5. The summed E-state index contributed by atoms with van der Waals surface area (Å²) in [6, 6.07) is 2.69. The van der Waals surface area contributed by atoms with Gasteiger partial charge in [0.1, 0.15) is 0 Å². The van der Waals surface area contributed by atoms with Crippen LogP contribution in [0.5, 0.6) is 0 Å². The van der Waals surface area contributed by atoms with Crippen molar-refractivity contribution in [3.8, 4) is 0 Å². The van der Waals surface area contributed by atoms with Gasteiger partial charge >= 0.3 is 0 Å². The first kappa shape index (κ1) is 10.3. The van der Waals surface area contributed by atoms with Crippen molar-refractivity contribution >= 4 is 0 Å². The van der Waals surface area contributed by atoms with Gasteiger partial charge in [-0.2, -0.15) is 5.10 Å². The van der Waals surface area contributed by atoms with Crippen molar-refractivity contribution < 1.29 is 4.74 Å². The van der Waals surface area contributed by atoms with Crippen LogP contribution in [0.15, 0.2) is 6.07 Å². The van der Waals surface area contributed by atoms with Gasteiger partial charge in [0.15, 0.2) is 0 Å². The highest BCUT2D eigenvalue weighted by atomic mass is 16.5. The molecule has 88 valence electrons. The number of aromatic nitrogens is 2. The number of hydrogen-bond acceptors (Lipinski definition) is 3. The standard InChI is InChI=1S/C12H19N3O/c1-8-5-9(15(2)14-8)7-13-11-6-10-3-4-12(11)16-10/h5,10-13H,3-4,6-7H2,1-2H3. The molecule has 3 atom stereocenters. The number of nitrogens with one attached hydrogen (secondary N) is 1. The van der Waals surface area contributed by atoms with Crippen molar-refractivity contribution in [2.24, 2.45) is 7.05 Å². The van der Waals surface area contributed by atoms with E-state index in [4.69, 9.17) is 4.74 Å². The molecule has 3 unspecified atom stereocenters. The molecule has 16 heavy (non-hydrogen) atoms. The summed E-state index contributed by atoms with van der Waals surface area (Å²) >= 11 is 0. The lowest BCUT2D eigenvalue weighted by atomic mass is 9.95. The van der Waals surface area contributed by atoms with E-state index in [1.165, 1.54) is 25.0 Å². The largest absolute Gasteiger partial charge is 0.373 e. The van der Waals surface area contributed by atoms with Crippen molar-refractivity contribution in [2.75, 3.05) is 0 Å². The molecular formula is C12H19N3O. The van der Waals surface area contributed by atoms with E-state index in [0.717, 1.165) is 12.2 Å². The second-order valence-electron chi connectivity index (χ2n) is 5.00. The average molecular weight is 221 g/mol. The van der Waals surface area contributed by atoms with Crippen molar-refractivity contribution in [1.29, 1.82) is 0 Å². The van der Waals surface area contributed by atoms with E-state index < -0.39 is 0 Å². The summed E-state index contributed by atoms with van der Waals surface area (Å²) in [5.74, 6) is 0. The highest BCUT2D eigenvalue weighted by molar-refractivity contribution is 5.09. The van der Waals surface area contributed by atoms with Gasteiger partial charge in [-0.1, -0.05) is 0 Å². The van der Waals surface area contributed by atoms with Crippen LogP contribution in [-0.2, 0) is 18.3 Å². The fourth-order valence-electron chi connectivity index (χ4n) is 2.92. The Bertz CT molecular complexity index is 388. The molecule has 0 aromatic carbocycles. The second kappa shape index (κ2) is 3.86. The van der Waals surface area contributed by atoms with Crippen LogP contribution in [0.3, 0.4) is 0 Å². The van der Waals surface area contributed by atoms with Gasteiger partial charge in [0.05, 0.1) is 23.6 Å². The summed E-state index contributed by atoms with van der Waals surface area (Å²) in [6.45, 7) is 2.93.